The molecule has 0 aliphatic heterocycles. The molecule has 0 bridgehead atoms. The molecule has 0 fully saturated rings. The summed E-state index contributed by atoms with van der Waals surface area (Å²) < 4.78 is 40.2. The van der Waals surface area contributed by atoms with E-state index in [1.54, 1.807) is 0 Å². The number of aryl methyl sites for hydroxylation is 1. The molecule has 0 N–H and O–H groups in total. The molecule has 124 valence electrons. The summed E-state index contributed by atoms with van der Waals surface area (Å²) in [5.41, 5.74) is 2.74. The zero-order valence-corrected chi connectivity index (χ0v) is 14.0. The quantitative estimate of drug-likeness (QED) is 0.782. The normalized spacial score (nSPS) is 16.8. The van der Waals surface area contributed by atoms with Crippen LogP contribution in [0.3, 0.4) is 0 Å². The first-order valence-electron chi connectivity index (χ1n) is 7.76. The minimum Gasteiger partial charge on any atom is -0.212 e. The highest BCUT2D eigenvalue weighted by molar-refractivity contribution is 7.88. The fourth-order valence-electron chi connectivity index (χ4n) is 3.20. The molecule has 3 rings (SSSR count). The zero-order chi connectivity index (χ0) is 17.2. The van der Waals surface area contributed by atoms with Gasteiger partial charge in [0.15, 0.2) is 0 Å². The van der Waals surface area contributed by atoms with Crippen LogP contribution in [0.2, 0.25) is 0 Å². The Morgan fingerprint density at radius 3 is 2.58 bits per heavy atom. The highest BCUT2D eigenvalue weighted by Crippen LogP contribution is 2.37. The second kappa shape index (κ2) is 6.76. The number of hydrogen-bond acceptors (Lipinski definition) is 2. The summed E-state index contributed by atoms with van der Waals surface area (Å²) in [6.07, 6.45) is 6.99. The molecule has 0 amide bonds. The largest absolute Gasteiger partial charge is 0.219 e. The first-order valence-corrected chi connectivity index (χ1v) is 9.37. The van der Waals surface area contributed by atoms with E-state index in [1.807, 2.05) is 24.3 Å². The van der Waals surface area contributed by atoms with E-state index in [2.05, 4.69) is 5.92 Å². The number of terminal acetylenes is 1. The van der Waals surface area contributed by atoms with Crippen molar-refractivity contribution in [2.75, 3.05) is 6.54 Å². The molecule has 0 saturated heterocycles. The minimum atomic E-state index is -3.61. The van der Waals surface area contributed by atoms with Gasteiger partial charge in [0, 0.05) is 0 Å². The molecule has 3 nitrogen and oxygen atoms in total. The Balaban J connectivity index is 1.90. The van der Waals surface area contributed by atoms with Crippen molar-refractivity contribution in [1.82, 2.24) is 4.31 Å². The number of fused-ring (bicyclic) bond motifs is 1. The van der Waals surface area contributed by atoms with Gasteiger partial charge in [0.2, 0.25) is 10.0 Å². The highest BCUT2D eigenvalue weighted by atomic mass is 32.2. The van der Waals surface area contributed by atoms with E-state index in [4.69, 9.17) is 6.42 Å². The first-order chi connectivity index (χ1) is 11.5. The molecule has 1 aliphatic carbocycles. The van der Waals surface area contributed by atoms with Gasteiger partial charge in [0.25, 0.3) is 0 Å². The Morgan fingerprint density at radius 2 is 1.88 bits per heavy atom. The van der Waals surface area contributed by atoms with Crippen LogP contribution in [0.1, 0.15) is 29.2 Å². The number of rotatable bonds is 5. The molecule has 0 spiro atoms. The number of hydrogen-bond donors (Lipinski definition) is 0. The van der Waals surface area contributed by atoms with Crippen LogP contribution < -0.4 is 0 Å². The van der Waals surface area contributed by atoms with Gasteiger partial charge in [0.05, 0.1) is 18.3 Å². The second-order valence-electron chi connectivity index (χ2n) is 5.89. The third-order valence-corrected chi connectivity index (χ3v) is 6.11. The summed E-state index contributed by atoms with van der Waals surface area (Å²) >= 11 is 0. The predicted molar refractivity (Wildman–Crippen MR) is 92.1 cm³/mol. The van der Waals surface area contributed by atoms with Crippen molar-refractivity contribution in [1.29, 1.82) is 0 Å². The Bertz CT molecular complexity index is 869. The molecule has 0 radical (unpaired) electrons. The van der Waals surface area contributed by atoms with Crippen LogP contribution in [-0.2, 0) is 22.2 Å². The maximum Gasteiger partial charge on any atom is 0.219 e. The van der Waals surface area contributed by atoms with E-state index in [9.17, 15) is 12.8 Å². The molecule has 0 aromatic heterocycles. The topological polar surface area (TPSA) is 37.4 Å². The lowest BCUT2D eigenvalue weighted by Crippen LogP contribution is -2.35. The summed E-state index contributed by atoms with van der Waals surface area (Å²) in [5, 5.41) is 0. The molecule has 24 heavy (non-hydrogen) atoms. The summed E-state index contributed by atoms with van der Waals surface area (Å²) in [6, 6.07) is 13.1. The summed E-state index contributed by atoms with van der Waals surface area (Å²) in [7, 11) is -3.61. The van der Waals surface area contributed by atoms with Crippen LogP contribution in [0, 0.1) is 18.2 Å². The van der Waals surface area contributed by atoms with Crippen LogP contribution >= 0.6 is 0 Å². The molecule has 1 atom stereocenters. The fourth-order valence-corrected chi connectivity index (χ4v) is 4.86. The van der Waals surface area contributed by atoms with E-state index < -0.39 is 10.0 Å². The van der Waals surface area contributed by atoms with Gasteiger partial charge in [-0.25, -0.2) is 12.8 Å². The summed E-state index contributed by atoms with van der Waals surface area (Å²) in [6.45, 7) is 0.0303. The van der Waals surface area contributed by atoms with Gasteiger partial charge in [-0.1, -0.05) is 42.3 Å². The van der Waals surface area contributed by atoms with Crippen LogP contribution in [0.25, 0.3) is 0 Å². The average Bonchev–Trinajstić information content (AvgIpc) is 2.98. The van der Waals surface area contributed by atoms with Crippen LogP contribution in [0.5, 0.6) is 0 Å². The smallest absolute Gasteiger partial charge is 0.212 e. The van der Waals surface area contributed by atoms with E-state index in [-0.39, 0.29) is 24.2 Å². The molecule has 5 heteroatoms. The summed E-state index contributed by atoms with van der Waals surface area (Å²) in [4.78, 5) is 0. The lowest BCUT2D eigenvalue weighted by Gasteiger charge is -2.27. The van der Waals surface area contributed by atoms with Crippen molar-refractivity contribution in [3.05, 3.63) is 71.0 Å². The molecule has 2 aromatic carbocycles. The Kier molecular flexibility index (Phi) is 4.70. The van der Waals surface area contributed by atoms with Gasteiger partial charge in [-0.05, 0) is 41.7 Å². The maximum atomic E-state index is 13.0. The predicted octanol–water partition coefficient (Wildman–Crippen LogP) is 3.28. The van der Waals surface area contributed by atoms with E-state index in [1.165, 1.54) is 34.1 Å². The maximum absolute atomic E-state index is 13.0. The lowest BCUT2D eigenvalue weighted by molar-refractivity contribution is 0.351. The van der Waals surface area contributed by atoms with E-state index >= 15 is 0 Å². The monoisotopic (exact) mass is 343 g/mol. The first kappa shape index (κ1) is 16.7. The Hall–Kier alpha value is -2.16. The zero-order valence-electron chi connectivity index (χ0n) is 13.2. The molecular formula is C19H18FNO2S. The summed E-state index contributed by atoms with van der Waals surface area (Å²) in [5.74, 6) is 1.89. The minimum absolute atomic E-state index is 0.0303. The Labute approximate surface area is 142 Å². The SMILES string of the molecule is C#CCN([C@H]1CCc2ccccc21)S(=O)(=O)Cc1ccc(F)cc1. The van der Waals surface area contributed by atoms with Crippen molar-refractivity contribution in [3.63, 3.8) is 0 Å². The van der Waals surface area contributed by atoms with E-state index in [0.29, 0.717) is 5.56 Å². The van der Waals surface area contributed by atoms with Crippen LogP contribution in [0.4, 0.5) is 4.39 Å². The molecule has 1 aliphatic rings. The van der Waals surface area contributed by atoms with Crippen molar-refractivity contribution >= 4 is 10.0 Å². The number of sulfonamides is 1. The average molecular weight is 343 g/mol. The molecule has 0 saturated carbocycles. The van der Waals surface area contributed by atoms with Crippen molar-refractivity contribution < 1.29 is 12.8 Å². The second-order valence-corrected chi connectivity index (χ2v) is 7.81. The van der Waals surface area contributed by atoms with Gasteiger partial charge >= 0.3 is 0 Å². The van der Waals surface area contributed by atoms with Crippen molar-refractivity contribution in [2.24, 2.45) is 0 Å². The van der Waals surface area contributed by atoms with Crippen LogP contribution in [0.15, 0.2) is 48.5 Å². The van der Waals surface area contributed by atoms with E-state index in [0.717, 1.165) is 18.4 Å². The van der Waals surface area contributed by atoms with Gasteiger partial charge in [-0.2, -0.15) is 4.31 Å². The number of halogens is 1. The van der Waals surface area contributed by atoms with Gasteiger partial charge in [-0.3, -0.25) is 0 Å². The van der Waals surface area contributed by atoms with Gasteiger partial charge in [0.1, 0.15) is 5.82 Å². The fraction of sp³-hybridized carbons (Fsp3) is 0.263. The third kappa shape index (κ3) is 3.35. The molecule has 2 aromatic rings. The van der Waals surface area contributed by atoms with Crippen molar-refractivity contribution in [2.45, 2.75) is 24.6 Å². The number of benzene rings is 2. The standard InChI is InChI=1S/C19H18FNO2S/c1-2-13-21(19-12-9-16-5-3-4-6-18(16)19)24(22,23)14-15-7-10-17(20)11-8-15/h1,3-8,10-11,19H,9,12-14H2/t19-/m0/s1. The van der Waals surface area contributed by atoms with Gasteiger partial charge < -0.3 is 0 Å². The Morgan fingerprint density at radius 1 is 1.17 bits per heavy atom. The van der Waals surface area contributed by atoms with Crippen LogP contribution in [-0.4, -0.2) is 19.3 Å². The molecule has 0 unspecified atom stereocenters. The van der Waals surface area contributed by atoms with Gasteiger partial charge in [-0.15, -0.1) is 6.42 Å². The molecular weight excluding hydrogens is 325 g/mol. The highest BCUT2D eigenvalue weighted by Gasteiger charge is 2.34. The molecule has 0 heterocycles. The lowest BCUT2D eigenvalue weighted by atomic mass is 10.1. The third-order valence-electron chi connectivity index (χ3n) is 4.32. The van der Waals surface area contributed by atoms with Crippen molar-refractivity contribution in [3.8, 4) is 12.3 Å². The number of nitrogens with zero attached hydrogens (tertiary/aromatic N) is 1.